The SMILES string of the molecule is CC(C)(C)[Si](OCC[C@H]1C(=O)N[C@@]2([C@@H](O[Si](C)(C)C)[C@@H]3C=CCCC3)C(=O)O[C@@]12C)(c1ccccc1)c1ccccc1. The van der Waals surface area contributed by atoms with Crippen LogP contribution in [0, 0.1) is 11.8 Å². The third-order valence-electron chi connectivity index (χ3n) is 9.44. The van der Waals surface area contributed by atoms with Gasteiger partial charge in [-0.25, -0.2) is 4.79 Å². The summed E-state index contributed by atoms with van der Waals surface area (Å²) in [5.41, 5.74) is -2.20. The molecule has 2 fully saturated rings. The van der Waals surface area contributed by atoms with Crippen LogP contribution in [0.4, 0.5) is 0 Å². The first-order chi connectivity index (χ1) is 19.8. The van der Waals surface area contributed by atoms with Crippen LogP contribution < -0.4 is 15.7 Å². The molecule has 0 aromatic heterocycles. The lowest BCUT2D eigenvalue weighted by molar-refractivity contribution is -0.237. The predicted octanol–water partition coefficient (Wildman–Crippen LogP) is 5.33. The summed E-state index contributed by atoms with van der Waals surface area (Å²) in [6.07, 6.45) is 7.34. The van der Waals surface area contributed by atoms with Crippen LogP contribution in [-0.2, 0) is 23.2 Å². The molecule has 0 unspecified atom stereocenters. The molecule has 2 aliphatic heterocycles. The molecule has 3 aliphatic rings. The lowest BCUT2D eigenvalue weighted by Crippen LogP contribution is -2.81. The second-order valence-corrected chi connectivity index (χ2v) is 23.1. The maximum Gasteiger partial charge on any atom is 0.339 e. The summed E-state index contributed by atoms with van der Waals surface area (Å²) in [6, 6.07) is 21.0. The van der Waals surface area contributed by atoms with Crippen molar-refractivity contribution in [2.24, 2.45) is 11.8 Å². The van der Waals surface area contributed by atoms with Crippen molar-refractivity contribution in [3.63, 3.8) is 0 Å². The van der Waals surface area contributed by atoms with Gasteiger partial charge in [-0.15, -0.1) is 0 Å². The van der Waals surface area contributed by atoms with Gasteiger partial charge in [0.2, 0.25) is 11.4 Å². The number of hydrogen-bond acceptors (Lipinski definition) is 5. The molecule has 1 aliphatic carbocycles. The number of carbonyl (C=O) groups is 2. The molecule has 5 atom stereocenters. The predicted molar refractivity (Wildman–Crippen MR) is 172 cm³/mol. The van der Waals surface area contributed by atoms with Crippen LogP contribution in [0.25, 0.3) is 0 Å². The molecule has 0 spiro atoms. The van der Waals surface area contributed by atoms with Crippen molar-refractivity contribution in [2.45, 2.75) is 95.3 Å². The van der Waals surface area contributed by atoms with Crippen LogP contribution in [0.5, 0.6) is 0 Å². The van der Waals surface area contributed by atoms with E-state index in [4.69, 9.17) is 13.6 Å². The Kier molecular flexibility index (Phi) is 8.24. The first-order valence-corrected chi connectivity index (χ1v) is 20.7. The van der Waals surface area contributed by atoms with Gasteiger partial charge in [0, 0.05) is 12.5 Å². The number of benzene rings is 2. The van der Waals surface area contributed by atoms with Crippen LogP contribution >= 0.6 is 0 Å². The standard InChI is InChI=1S/C34H47NO5Si2/c1-32(2,3)42(26-19-13-9-14-20-26,27-21-15-10-16-22-27)38-24-23-28-30(36)35-34(31(37)39-33(28,34)4)29(40-41(5,6)7)25-17-11-8-12-18-25/h9-11,13-17,19-22,25,28-29H,8,12,18,23-24H2,1-7H3,(H,35,36)/t25-,28+,29+,33+,34+/m1/s1. The number of rotatable bonds is 10. The normalized spacial score (nSPS) is 28.5. The average molecular weight is 606 g/mol. The minimum Gasteiger partial charge on any atom is -0.453 e. The van der Waals surface area contributed by atoms with Gasteiger partial charge >= 0.3 is 5.97 Å². The summed E-state index contributed by atoms with van der Waals surface area (Å²) in [7, 11) is -4.85. The van der Waals surface area contributed by atoms with E-state index in [1.54, 1.807) is 0 Å². The van der Waals surface area contributed by atoms with Gasteiger partial charge in [0.1, 0.15) is 0 Å². The van der Waals surface area contributed by atoms with Crippen LogP contribution in [0.3, 0.4) is 0 Å². The molecule has 5 rings (SSSR count). The Morgan fingerprint density at radius 3 is 2.07 bits per heavy atom. The van der Waals surface area contributed by atoms with E-state index in [1.165, 1.54) is 10.4 Å². The van der Waals surface area contributed by atoms with Crippen molar-refractivity contribution >= 4 is 38.9 Å². The minimum absolute atomic E-state index is 0.0464. The van der Waals surface area contributed by atoms with E-state index in [9.17, 15) is 9.59 Å². The largest absolute Gasteiger partial charge is 0.453 e. The third-order valence-corrected chi connectivity index (χ3v) is 15.4. The van der Waals surface area contributed by atoms with E-state index in [-0.39, 0.29) is 22.8 Å². The van der Waals surface area contributed by atoms with E-state index in [0.29, 0.717) is 13.0 Å². The minimum atomic E-state index is -2.77. The first kappa shape index (κ1) is 30.9. The fourth-order valence-corrected chi connectivity index (χ4v) is 13.2. The molecule has 2 aromatic rings. The monoisotopic (exact) mass is 605 g/mol. The Hall–Kier alpha value is -2.53. The van der Waals surface area contributed by atoms with Crippen molar-refractivity contribution in [2.75, 3.05) is 6.61 Å². The van der Waals surface area contributed by atoms with Gasteiger partial charge in [0.25, 0.3) is 8.32 Å². The quantitative estimate of drug-likeness (QED) is 0.225. The maximum atomic E-state index is 13.8. The number of fused-ring (bicyclic) bond motifs is 1. The molecule has 42 heavy (non-hydrogen) atoms. The third kappa shape index (κ3) is 5.04. The molecule has 1 N–H and O–H groups in total. The fraction of sp³-hybridized carbons (Fsp3) is 0.529. The summed E-state index contributed by atoms with van der Waals surface area (Å²) in [5, 5.41) is 5.40. The molecular formula is C34H47NO5Si2. The highest BCUT2D eigenvalue weighted by Crippen LogP contribution is 2.55. The molecule has 6 nitrogen and oxygen atoms in total. The number of allylic oxidation sites excluding steroid dienone is 1. The van der Waals surface area contributed by atoms with E-state index >= 15 is 0 Å². The smallest absolute Gasteiger partial charge is 0.339 e. The summed E-state index contributed by atoms with van der Waals surface area (Å²) in [4.78, 5) is 27.3. The lowest BCUT2D eigenvalue weighted by Gasteiger charge is -2.56. The summed E-state index contributed by atoms with van der Waals surface area (Å²) in [6.45, 7) is 15.4. The molecule has 8 heteroatoms. The number of amides is 1. The van der Waals surface area contributed by atoms with E-state index in [2.05, 4.69) is 106 Å². The van der Waals surface area contributed by atoms with Crippen molar-refractivity contribution in [1.82, 2.24) is 5.32 Å². The van der Waals surface area contributed by atoms with Gasteiger partial charge in [0.05, 0.1) is 12.0 Å². The molecular weight excluding hydrogens is 559 g/mol. The molecule has 0 radical (unpaired) electrons. The number of hydrogen-bond donors (Lipinski definition) is 1. The Morgan fingerprint density at radius 1 is 1.00 bits per heavy atom. The Balaban J connectivity index is 1.46. The van der Waals surface area contributed by atoms with Gasteiger partial charge in [0.15, 0.2) is 13.9 Å². The summed E-state index contributed by atoms with van der Waals surface area (Å²) >= 11 is 0. The number of ether oxygens (including phenoxy) is 1. The van der Waals surface area contributed by atoms with Crippen LogP contribution in [0.1, 0.15) is 53.4 Å². The van der Waals surface area contributed by atoms with E-state index < -0.39 is 39.8 Å². The van der Waals surface area contributed by atoms with Crippen molar-refractivity contribution < 1.29 is 23.2 Å². The highest BCUT2D eigenvalue weighted by molar-refractivity contribution is 6.99. The average Bonchev–Trinajstić information content (AvgIpc) is 3.12. The van der Waals surface area contributed by atoms with Crippen molar-refractivity contribution in [3.05, 3.63) is 72.8 Å². The molecule has 2 saturated heterocycles. The number of nitrogens with one attached hydrogen (secondary N) is 1. The maximum absolute atomic E-state index is 13.8. The highest BCUT2D eigenvalue weighted by Gasteiger charge is 2.80. The Labute approximate surface area is 253 Å². The van der Waals surface area contributed by atoms with Crippen LogP contribution in [-0.4, -0.2) is 52.4 Å². The van der Waals surface area contributed by atoms with Crippen LogP contribution in [0.15, 0.2) is 72.8 Å². The molecule has 0 saturated carbocycles. The topological polar surface area (TPSA) is 73.9 Å². The second kappa shape index (κ2) is 11.2. The zero-order chi connectivity index (χ0) is 30.4. The molecule has 0 bridgehead atoms. The zero-order valence-corrected chi connectivity index (χ0v) is 28.2. The molecule has 2 aromatic carbocycles. The fourth-order valence-electron chi connectivity index (χ4n) is 7.50. The van der Waals surface area contributed by atoms with E-state index in [1.807, 2.05) is 19.1 Å². The Morgan fingerprint density at radius 2 is 1.60 bits per heavy atom. The highest BCUT2D eigenvalue weighted by atomic mass is 28.4. The Bertz CT molecular complexity index is 1280. The summed E-state index contributed by atoms with van der Waals surface area (Å²) in [5.74, 6) is -1.02. The van der Waals surface area contributed by atoms with Crippen LogP contribution in [0.2, 0.25) is 24.7 Å². The zero-order valence-electron chi connectivity index (χ0n) is 26.2. The second-order valence-electron chi connectivity index (χ2n) is 14.3. The van der Waals surface area contributed by atoms with E-state index in [0.717, 1.165) is 19.3 Å². The summed E-state index contributed by atoms with van der Waals surface area (Å²) < 4.78 is 19.9. The van der Waals surface area contributed by atoms with Gasteiger partial charge < -0.3 is 18.9 Å². The molecule has 1 amide bonds. The van der Waals surface area contributed by atoms with Gasteiger partial charge in [-0.2, -0.15) is 0 Å². The van der Waals surface area contributed by atoms with Gasteiger partial charge in [-0.3, -0.25) is 4.79 Å². The van der Waals surface area contributed by atoms with Gasteiger partial charge in [-0.1, -0.05) is 93.6 Å². The number of esters is 1. The first-order valence-electron chi connectivity index (χ1n) is 15.4. The number of carbonyl (C=O) groups excluding carboxylic acids is 2. The van der Waals surface area contributed by atoms with Gasteiger partial charge in [-0.05, 0) is 67.7 Å². The molecule has 2 heterocycles. The molecule has 226 valence electrons. The van der Waals surface area contributed by atoms with Crippen molar-refractivity contribution in [1.29, 1.82) is 0 Å². The van der Waals surface area contributed by atoms with Crippen molar-refractivity contribution in [3.8, 4) is 0 Å². The lowest BCUT2D eigenvalue weighted by atomic mass is 9.64.